The molecule has 4 aromatic carbocycles. The van der Waals surface area contributed by atoms with Crippen LogP contribution < -0.4 is 9.64 Å². The van der Waals surface area contributed by atoms with E-state index in [4.69, 9.17) is 4.74 Å². The van der Waals surface area contributed by atoms with Gasteiger partial charge in [0.25, 0.3) is 0 Å². The standard InChI is InChI=1S/C29H29NO4/c1-17-6-15-27(26(33)16-17)34-23-11-9-22(10-12-23)30(28-20(4)18(2)7-13-24(28)31)29-21(5)19(3)8-14-25(29)32/h6-16,31-33H,1-5H3. The molecule has 0 saturated heterocycles. The summed E-state index contributed by atoms with van der Waals surface area (Å²) in [6.07, 6.45) is 0. The van der Waals surface area contributed by atoms with Crippen LogP contribution in [-0.2, 0) is 0 Å². The first-order valence-electron chi connectivity index (χ1n) is 11.1. The summed E-state index contributed by atoms with van der Waals surface area (Å²) in [5, 5.41) is 32.0. The van der Waals surface area contributed by atoms with Crippen molar-refractivity contribution in [3.63, 3.8) is 0 Å². The van der Waals surface area contributed by atoms with E-state index in [2.05, 4.69) is 0 Å². The Kier molecular flexibility index (Phi) is 6.12. The van der Waals surface area contributed by atoms with Gasteiger partial charge in [-0.1, -0.05) is 18.2 Å². The minimum atomic E-state index is 0.0753. The number of ether oxygens (including phenoxy) is 1. The predicted octanol–water partition coefficient (Wildman–Crippen LogP) is 7.61. The Balaban J connectivity index is 1.84. The van der Waals surface area contributed by atoms with E-state index in [0.29, 0.717) is 22.9 Å². The second-order valence-electron chi connectivity index (χ2n) is 8.65. The molecule has 4 rings (SSSR count). The molecular formula is C29H29NO4. The van der Waals surface area contributed by atoms with Crippen molar-refractivity contribution in [2.75, 3.05) is 4.90 Å². The van der Waals surface area contributed by atoms with Crippen LogP contribution >= 0.6 is 0 Å². The molecule has 0 heterocycles. The number of aromatic hydroxyl groups is 3. The van der Waals surface area contributed by atoms with Crippen LogP contribution in [-0.4, -0.2) is 15.3 Å². The molecule has 0 atom stereocenters. The van der Waals surface area contributed by atoms with Crippen molar-refractivity contribution in [3.8, 4) is 28.7 Å². The summed E-state index contributed by atoms with van der Waals surface area (Å²) in [5.74, 6) is 1.24. The Labute approximate surface area is 200 Å². The molecule has 0 aromatic heterocycles. The zero-order valence-electron chi connectivity index (χ0n) is 20.0. The molecule has 34 heavy (non-hydrogen) atoms. The van der Waals surface area contributed by atoms with Gasteiger partial charge >= 0.3 is 0 Å². The minimum Gasteiger partial charge on any atom is -0.506 e. The number of phenolic OH excluding ortho intramolecular Hbond substituents is 3. The first-order chi connectivity index (χ1) is 16.2. The van der Waals surface area contributed by atoms with Crippen LogP contribution in [0.1, 0.15) is 27.8 Å². The lowest BCUT2D eigenvalue weighted by molar-refractivity contribution is 0.411. The molecule has 0 unspecified atom stereocenters. The molecule has 5 heteroatoms. The van der Waals surface area contributed by atoms with Gasteiger partial charge in [-0.2, -0.15) is 0 Å². The molecule has 0 aliphatic heterocycles. The SMILES string of the molecule is Cc1ccc(Oc2ccc(N(c3c(O)ccc(C)c3C)c3c(O)ccc(C)c3C)cc2)c(O)c1. The second kappa shape index (κ2) is 9.02. The summed E-state index contributed by atoms with van der Waals surface area (Å²) in [4.78, 5) is 1.88. The maximum absolute atomic E-state index is 10.9. The molecule has 0 radical (unpaired) electrons. The van der Waals surface area contributed by atoms with E-state index in [-0.39, 0.29) is 17.2 Å². The van der Waals surface area contributed by atoms with Crippen LogP contribution in [0.4, 0.5) is 17.1 Å². The van der Waals surface area contributed by atoms with Crippen molar-refractivity contribution in [2.45, 2.75) is 34.6 Å². The fourth-order valence-electron chi connectivity index (χ4n) is 4.01. The van der Waals surface area contributed by atoms with Gasteiger partial charge in [0.05, 0.1) is 11.4 Å². The summed E-state index contributed by atoms with van der Waals surface area (Å²) in [6, 6.07) is 19.7. The molecule has 5 nitrogen and oxygen atoms in total. The van der Waals surface area contributed by atoms with Crippen LogP contribution in [0.25, 0.3) is 0 Å². The van der Waals surface area contributed by atoms with Gasteiger partial charge in [-0.25, -0.2) is 0 Å². The van der Waals surface area contributed by atoms with Gasteiger partial charge in [0, 0.05) is 5.69 Å². The number of benzene rings is 4. The van der Waals surface area contributed by atoms with Crippen molar-refractivity contribution in [1.29, 1.82) is 0 Å². The number of hydrogen-bond donors (Lipinski definition) is 3. The van der Waals surface area contributed by atoms with Crippen LogP contribution in [0.3, 0.4) is 0 Å². The Bertz CT molecular complexity index is 1300. The molecule has 0 aliphatic carbocycles. The Hall–Kier alpha value is -4.12. The maximum atomic E-state index is 10.9. The molecule has 0 aliphatic rings. The highest BCUT2D eigenvalue weighted by Crippen LogP contribution is 2.48. The van der Waals surface area contributed by atoms with Crippen LogP contribution in [0.2, 0.25) is 0 Å². The normalized spacial score (nSPS) is 10.9. The third kappa shape index (κ3) is 4.25. The fraction of sp³-hybridized carbons (Fsp3) is 0.172. The lowest BCUT2D eigenvalue weighted by atomic mass is 10.0. The lowest BCUT2D eigenvalue weighted by Crippen LogP contribution is -2.14. The molecule has 0 bridgehead atoms. The van der Waals surface area contributed by atoms with Crippen molar-refractivity contribution in [3.05, 3.63) is 94.5 Å². The van der Waals surface area contributed by atoms with E-state index < -0.39 is 0 Å². The molecule has 0 amide bonds. The Morgan fingerprint density at radius 2 is 1.12 bits per heavy atom. The first kappa shape index (κ1) is 23.1. The van der Waals surface area contributed by atoms with Gasteiger partial charge < -0.3 is 25.0 Å². The zero-order valence-corrected chi connectivity index (χ0v) is 20.0. The summed E-state index contributed by atoms with van der Waals surface area (Å²) in [6.45, 7) is 9.79. The van der Waals surface area contributed by atoms with Crippen molar-refractivity contribution >= 4 is 17.1 Å². The molecule has 3 N–H and O–H groups in total. The minimum absolute atomic E-state index is 0.0753. The topological polar surface area (TPSA) is 73.2 Å². The van der Waals surface area contributed by atoms with Gasteiger partial charge in [0.1, 0.15) is 17.2 Å². The second-order valence-corrected chi connectivity index (χ2v) is 8.65. The highest BCUT2D eigenvalue weighted by molar-refractivity contribution is 5.87. The number of phenols is 3. The van der Waals surface area contributed by atoms with E-state index in [1.54, 1.807) is 36.4 Å². The van der Waals surface area contributed by atoms with E-state index in [1.165, 1.54) is 0 Å². The van der Waals surface area contributed by atoms with Crippen molar-refractivity contribution in [2.24, 2.45) is 0 Å². The average molecular weight is 456 g/mol. The predicted molar refractivity (Wildman–Crippen MR) is 136 cm³/mol. The Morgan fingerprint density at radius 3 is 1.62 bits per heavy atom. The van der Waals surface area contributed by atoms with Crippen molar-refractivity contribution < 1.29 is 20.1 Å². The third-order valence-electron chi connectivity index (χ3n) is 6.25. The number of nitrogens with zero attached hydrogens (tertiary/aromatic N) is 1. The summed E-state index contributed by atoms with van der Waals surface area (Å²) < 4.78 is 5.88. The van der Waals surface area contributed by atoms with Crippen LogP contribution in [0.5, 0.6) is 28.7 Å². The molecule has 174 valence electrons. The fourth-order valence-corrected chi connectivity index (χ4v) is 4.01. The quantitative estimate of drug-likeness (QED) is 0.289. The van der Waals surface area contributed by atoms with Crippen molar-refractivity contribution in [1.82, 2.24) is 0 Å². The van der Waals surface area contributed by atoms with Gasteiger partial charge in [0.15, 0.2) is 11.5 Å². The van der Waals surface area contributed by atoms with Gasteiger partial charge in [-0.15, -0.1) is 0 Å². The Morgan fingerprint density at radius 1 is 0.588 bits per heavy atom. The zero-order chi connectivity index (χ0) is 24.6. The number of rotatable bonds is 5. The highest BCUT2D eigenvalue weighted by atomic mass is 16.5. The number of anilines is 3. The summed E-state index contributed by atoms with van der Waals surface area (Å²) >= 11 is 0. The largest absolute Gasteiger partial charge is 0.506 e. The molecule has 0 fully saturated rings. The van der Waals surface area contributed by atoms with Gasteiger partial charge in [-0.05, 0) is 111 Å². The first-order valence-corrected chi connectivity index (χ1v) is 11.1. The van der Waals surface area contributed by atoms with Crippen LogP contribution in [0.15, 0.2) is 66.7 Å². The monoisotopic (exact) mass is 455 g/mol. The molecule has 0 spiro atoms. The maximum Gasteiger partial charge on any atom is 0.169 e. The van der Waals surface area contributed by atoms with Crippen LogP contribution in [0, 0.1) is 34.6 Å². The highest BCUT2D eigenvalue weighted by Gasteiger charge is 2.24. The number of hydrogen-bond acceptors (Lipinski definition) is 5. The smallest absolute Gasteiger partial charge is 0.169 e. The third-order valence-corrected chi connectivity index (χ3v) is 6.25. The lowest BCUT2D eigenvalue weighted by Gasteiger charge is -2.30. The van der Waals surface area contributed by atoms with E-state index >= 15 is 0 Å². The summed E-state index contributed by atoms with van der Waals surface area (Å²) in [7, 11) is 0. The summed E-state index contributed by atoms with van der Waals surface area (Å²) in [5.41, 5.74) is 6.76. The average Bonchev–Trinajstić information content (AvgIpc) is 2.80. The molecular weight excluding hydrogens is 426 g/mol. The molecule has 0 saturated carbocycles. The van der Waals surface area contributed by atoms with Gasteiger partial charge in [0.2, 0.25) is 0 Å². The van der Waals surface area contributed by atoms with Gasteiger partial charge in [-0.3, -0.25) is 0 Å². The molecule has 4 aromatic rings. The van der Waals surface area contributed by atoms with E-state index in [0.717, 1.165) is 33.5 Å². The number of aryl methyl sites for hydroxylation is 3. The van der Waals surface area contributed by atoms with E-state index in [1.807, 2.05) is 69.9 Å². The van der Waals surface area contributed by atoms with E-state index in [9.17, 15) is 15.3 Å².